The van der Waals surface area contributed by atoms with Crippen molar-refractivity contribution in [2.24, 2.45) is 0 Å². The molecule has 172 valence electrons. The summed E-state index contributed by atoms with van der Waals surface area (Å²) in [6, 6.07) is 14.0. The molecule has 5 rings (SSSR count). The quantitative estimate of drug-likeness (QED) is 0.431. The molecule has 34 heavy (non-hydrogen) atoms. The van der Waals surface area contributed by atoms with Crippen LogP contribution < -0.4 is 0 Å². The molecule has 2 aromatic heterocycles. The van der Waals surface area contributed by atoms with Gasteiger partial charge in [-0.2, -0.15) is 4.31 Å². The van der Waals surface area contributed by atoms with E-state index in [4.69, 9.17) is 11.6 Å². The number of hydrogen-bond acceptors (Lipinski definition) is 6. The van der Waals surface area contributed by atoms with E-state index in [2.05, 4.69) is 15.0 Å². The van der Waals surface area contributed by atoms with Crippen LogP contribution >= 0.6 is 11.6 Å². The van der Waals surface area contributed by atoms with Crippen LogP contribution in [0.1, 0.15) is 10.6 Å². The minimum atomic E-state index is -3.69. The molecule has 1 saturated heterocycles. The second-order valence-corrected chi connectivity index (χ2v) is 10.3. The first-order valence-corrected chi connectivity index (χ1v) is 12.4. The van der Waals surface area contributed by atoms with Gasteiger partial charge in [0.15, 0.2) is 0 Å². The fraction of sp³-hybridized carbons (Fsp3) is 0.167. The number of benzene rings is 2. The van der Waals surface area contributed by atoms with Gasteiger partial charge in [-0.15, -0.1) is 0 Å². The summed E-state index contributed by atoms with van der Waals surface area (Å²) >= 11 is 6.02. The molecule has 8 nitrogen and oxygen atoms in total. The number of rotatable bonds is 4. The molecular formula is C24H20ClN5O3S. The molecule has 0 aliphatic carbocycles. The molecule has 0 N–H and O–H groups in total. The lowest BCUT2D eigenvalue weighted by Gasteiger charge is -2.33. The van der Waals surface area contributed by atoms with Gasteiger partial charge >= 0.3 is 0 Å². The summed E-state index contributed by atoms with van der Waals surface area (Å²) in [5, 5.41) is 2.27. The fourth-order valence-corrected chi connectivity index (χ4v) is 5.55. The number of amides is 1. The number of aromatic nitrogens is 3. The summed E-state index contributed by atoms with van der Waals surface area (Å²) in [5.41, 5.74) is 1.69. The topological polar surface area (TPSA) is 96.4 Å². The van der Waals surface area contributed by atoms with E-state index >= 15 is 0 Å². The van der Waals surface area contributed by atoms with Gasteiger partial charge < -0.3 is 4.90 Å². The number of halogens is 1. The highest BCUT2D eigenvalue weighted by atomic mass is 35.5. The SMILES string of the molecule is O=C(c1ncc(-c2ccncc2)cn1)N1CCN(S(=O)(=O)c2ccc3cc(Cl)ccc3c2)CC1. The van der Waals surface area contributed by atoms with Crippen molar-refractivity contribution in [3.63, 3.8) is 0 Å². The number of hydrogen-bond donors (Lipinski definition) is 0. The molecule has 1 amide bonds. The summed E-state index contributed by atoms with van der Waals surface area (Å²) < 4.78 is 27.8. The Morgan fingerprint density at radius 3 is 2.18 bits per heavy atom. The molecule has 3 heterocycles. The van der Waals surface area contributed by atoms with Crippen LogP contribution in [0.5, 0.6) is 0 Å². The Morgan fingerprint density at radius 1 is 0.824 bits per heavy atom. The van der Waals surface area contributed by atoms with Crippen LogP contribution in [0.15, 0.2) is 78.2 Å². The molecule has 0 saturated carbocycles. The summed E-state index contributed by atoms with van der Waals surface area (Å²) in [7, 11) is -3.69. The standard InChI is InChI=1S/C24H20ClN5O3S/c25-21-3-1-19-14-22(4-2-18(19)13-21)34(32,33)30-11-9-29(10-12-30)24(31)23-27-15-20(16-28-23)17-5-7-26-8-6-17/h1-8,13-16H,9-12H2. The highest BCUT2D eigenvalue weighted by Crippen LogP contribution is 2.25. The molecule has 2 aromatic carbocycles. The molecule has 0 atom stereocenters. The Bertz CT molecular complexity index is 1460. The summed E-state index contributed by atoms with van der Waals surface area (Å²) in [5.74, 6) is -0.233. The van der Waals surface area contributed by atoms with E-state index < -0.39 is 10.0 Å². The zero-order valence-corrected chi connectivity index (χ0v) is 19.6. The van der Waals surface area contributed by atoms with Gasteiger partial charge in [-0.1, -0.05) is 23.7 Å². The van der Waals surface area contributed by atoms with E-state index in [-0.39, 0.29) is 42.8 Å². The Morgan fingerprint density at radius 2 is 1.47 bits per heavy atom. The number of carbonyl (C=O) groups is 1. The second-order valence-electron chi connectivity index (χ2n) is 7.88. The molecule has 0 unspecified atom stereocenters. The lowest BCUT2D eigenvalue weighted by Crippen LogP contribution is -2.50. The average Bonchev–Trinajstić information content (AvgIpc) is 2.88. The Hall–Kier alpha value is -3.40. The first kappa shape index (κ1) is 22.4. The van der Waals surface area contributed by atoms with Gasteiger partial charge in [0.1, 0.15) is 0 Å². The van der Waals surface area contributed by atoms with E-state index in [1.807, 2.05) is 12.1 Å². The van der Waals surface area contributed by atoms with Gasteiger partial charge in [0, 0.05) is 61.6 Å². The van der Waals surface area contributed by atoms with Crippen molar-refractivity contribution >= 4 is 38.3 Å². The Labute approximate surface area is 201 Å². The number of carbonyl (C=O) groups excluding carboxylic acids is 1. The van der Waals surface area contributed by atoms with Crippen molar-refractivity contribution < 1.29 is 13.2 Å². The maximum absolute atomic E-state index is 13.2. The third-order valence-corrected chi connectivity index (χ3v) is 7.92. The maximum atomic E-state index is 13.2. The Balaban J connectivity index is 1.27. The van der Waals surface area contributed by atoms with E-state index in [0.29, 0.717) is 5.02 Å². The Kier molecular flexibility index (Phi) is 5.99. The van der Waals surface area contributed by atoms with Crippen LogP contribution in [-0.2, 0) is 10.0 Å². The number of piperazine rings is 1. The van der Waals surface area contributed by atoms with Crippen LogP contribution in [0.4, 0.5) is 0 Å². The summed E-state index contributed by atoms with van der Waals surface area (Å²) in [4.78, 5) is 27.1. The third-order valence-electron chi connectivity index (χ3n) is 5.79. The van der Waals surface area contributed by atoms with Crippen LogP contribution in [0, 0.1) is 0 Å². The monoisotopic (exact) mass is 493 g/mol. The van der Waals surface area contributed by atoms with Crippen molar-refractivity contribution in [2.45, 2.75) is 4.90 Å². The van der Waals surface area contributed by atoms with Gasteiger partial charge in [0.2, 0.25) is 15.8 Å². The zero-order valence-electron chi connectivity index (χ0n) is 18.0. The molecule has 0 spiro atoms. The predicted molar refractivity (Wildman–Crippen MR) is 129 cm³/mol. The van der Waals surface area contributed by atoms with Crippen LogP contribution in [-0.4, -0.2) is 64.7 Å². The smallest absolute Gasteiger partial charge is 0.291 e. The molecule has 1 fully saturated rings. The molecule has 1 aliphatic rings. The van der Waals surface area contributed by atoms with Crippen LogP contribution in [0.25, 0.3) is 21.9 Å². The van der Waals surface area contributed by atoms with Gasteiger partial charge in [0.25, 0.3) is 5.91 Å². The summed E-state index contributed by atoms with van der Waals surface area (Å²) in [6.45, 7) is 0.914. The maximum Gasteiger partial charge on any atom is 0.291 e. The van der Waals surface area contributed by atoms with E-state index in [9.17, 15) is 13.2 Å². The highest BCUT2D eigenvalue weighted by molar-refractivity contribution is 7.89. The fourth-order valence-electron chi connectivity index (χ4n) is 3.91. The number of nitrogens with zero attached hydrogens (tertiary/aromatic N) is 5. The van der Waals surface area contributed by atoms with Crippen molar-refractivity contribution in [2.75, 3.05) is 26.2 Å². The zero-order chi connectivity index (χ0) is 23.7. The highest BCUT2D eigenvalue weighted by Gasteiger charge is 2.31. The predicted octanol–water partition coefficient (Wildman–Crippen LogP) is 3.49. The van der Waals surface area contributed by atoms with Gasteiger partial charge in [-0.3, -0.25) is 9.78 Å². The number of fused-ring (bicyclic) bond motifs is 1. The first-order chi connectivity index (χ1) is 16.4. The van der Waals surface area contributed by atoms with Crippen molar-refractivity contribution in [1.29, 1.82) is 0 Å². The average molecular weight is 494 g/mol. The van der Waals surface area contributed by atoms with E-state index in [0.717, 1.165) is 21.9 Å². The van der Waals surface area contributed by atoms with E-state index in [1.54, 1.807) is 66.1 Å². The molecule has 0 bridgehead atoms. The number of pyridine rings is 1. The summed E-state index contributed by atoms with van der Waals surface area (Å²) in [6.07, 6.45) is 6.55. The largest absolute Gasteiger partial charge is 0.333 e. The molecule has 1 aliphatic heterocycles. The molecule has 4 aromatic rings. The number of sulfonamides is 1. The van der Waals surface area contributed by atoms with Gasteiger partial charge in [-0.05, 0) is 52.7 Å². The molecule has 0 radical (unpaired) electrons. The van der Waals surface area contributed by atoms with Crippen molar-refractivity contribution in [3.8, 4) is 11.1 Å². The van der Waals surface area contributed by atoms with Crippen LogP contribution in [0.2, 0.25) is 5.02 Å². The molecule has 10 heteroatoms. The van der Waals surface area contributed by atoms with Crippen molar-refractivity contribution in [1.82, 2.24) is 24.2 Å². The van der Waals surface area contributed by atoms with E-state index in [1.165, 1.54) is 4.31 Å². The normalized spacial score (nSPS) is 14.9. The van der Waals surface area contributed by atoms with Gasteiger partial charge in [-0.25, -0.2) is 18.4 Å². The van der Waals surface area contributed by atoms with Crippen LogP contribution in [0.3, 0.4) is 0 Å². The van der Waals surface area contributed by atoms with Crippen molar-refractivity contribution in [3.05, 3.63) is 84.2 Å². The third kappa shape index (κ3) is 4.37. The first-order valence-electron chi connectivity index (χ1n) is 10.6. The molecular weight excluding hydrogens is 474 g/mol. The minimum Gasteiger partial charge on any atom is -0.333 e. The second kappa shape index (κ2) is 9.09. The lowest BCUT2D eigenvalue weighted by molar-refractivity contribution is 0.0685. The lowest BCUT2D eigenvalue weighted by atomic mass is 10.1. The van der Waals surface area contributed by atoms with Gasteiger partial charge in [0.05, 0.1) is 4.90 Å². The minimum absolute atomic E-state index is 0.0855.